The zero-order valence-electron chi connectivity index (χ0n) is 19.9. The Morgan fingerprint density at radius 2 is 1.97 bits per heavy atom. The van der Waals surface area contributed by atoms with Crippen molar-refractivity contribution in [2.24, 2.45) is 0 Å². The molecule has 7 heteroatoms. The number of aromatic nitrogens is 1. The van der Waals surface area contributed by atoms with Gasteiger partial charge in [0.2, 0.25) is 5.91 Å². The summed E-state index contributed by atoms with van der Waals surface area (Å²) in [5.74, 6) is 2.11. The number of anilines is 2. The van der Waals surface area contributed by atoms with Gasteiger partial charge in [0.25, 0.3) is 0 Å². The third-order valence-corrected chi connectivity index (χ3v) is 7.91. The summed E-state index contributed by atoms with van der Waals surface area (Å²) in [6.45, 7) is 11.5. The van der Waals surface area contributed by atoms with Gasteiger partial charge in [-0.3, -0.25) is 9.69 Å². The summed E-state index contributed by atoms with van der Waals surface area (Å²) < 4.78 is 11.4. The zero-order chi connectivity index (χ0) is 23.2. The van der Waals surface area contributed by atoms with E-state index in [1.165, 1.54) is 33.6 Å². The van der Waals surface area contributed by atoms with Crippen molar-refractivity contribution in [2.75, 3.05) is 50.1 Å². The Hall–Kier alpha value is -2.64. The normalized spacial score (nSPS) is 18.3. The van der Waals surface area contributed by atoms with Gasteiger partial charge in [-0.05, 0) is 53.7 Å². The Bertz CT molecular complexity index is 1190. The second kappa shape index (κ2) is 8.61. The van der Waals surface area contributed by atoms with Crippen molar-refractivity contribution in [1.29, 1.82) is 0 Å². The smallest absolute Gasteiger partial charge is 0.225 e. The molecule has 1 amide bonds. The molecule has 0 atom stereocenters. The van der Waals surface area contributed by atoms with Crippen molar-refractivity contribution in [3.8, 4) is 5.75 Å². The van der Waals surface area contributed by atoms with Crippen LogP contribution in [0.15, 0.2) is 30.3 Å². The molecule has 6 nitrogen and oxygen atoms in total. The van der Waals surface area contributed by atoms with E-state index in [1.807, 2.05) is 12.1 Å². The Labute approximate surface area is 199 Å². The molecular weight excluding hydrogens is 432 g/mol. The molecule has 3 heterocycles. The van der Waals surface area contributed by atoms with Crippen LogP contribution in [0.2, 0.25) is 0 Å². The van der Waals surface area contributed by atoms with E-state index in [4.69, 9.17) is 9.11 Å². The Morgan fingerprint density at radius 3 is 2.73 bits per heavy atom. The summed E-state index contributed by atoms with van der Waals surface area (Å²) in [4.78, 5) is 17.0. The van der Waals surface area contributed by atoms with Gasteiger partial charge in [-0.1, -0.05) is 32.0 Å². The van der Waals surface area contributed by atoms with Crippen LogP contribution in [0.3, 0.4) is 0 Å². The molecule has 1 N–H and O–H groups in total. The van der Waals surface area contributed by atoms with Crippen LogP contribution in [0.25, 0.3) is 10.1 Å². The summed E-state index contributed by atoms with van der Waals surface area (Å²) in [7, 11) is 1.72. The van der Waals surface area contributed by atoms with Crippen molar-refractivity contribution in [3.05, 3.63) is 47.0 Å². The number of benzene rings is 2. The van der Waals surface area contributed by atoms with Crippen molar-refractivity contribution in [2.45, 2.75) is 39.0 Å². The Balaban J connectivity index is 1.23. The predicted molar refractivity (Wildman–Crippen MR) is 136 cm³/mol. The summed E-state index contributed by atoms with van der Waals surface area (Å²) in [6, 6.07) is 10.7. The number of amides is 1. The van der Waals surface area contributed by atoms with Crippen molar-refractivity contribution in [1.82, 2.24) is 9.27 Å². The van der Waals surface area contributed by atoms with Gasteiger partial charge in [0, 0.05) is 55.6 Å². The molecule has 0 bridgehead atoms. The molecule has 5 rings (SSSR count). The highest BCUT2D eigenvalue weighted by Gasteiger charge is 2.33. The van der Waals surface area contributed by atoms with Crippen LogP contribution in [0.4, 0.5) is 11.5 Å². The molecule has 1 fully saturated rings. The zero-order valence-corrected chi connectivity index (χ0v) is 20.7. The molecule has 3 aromatic rings. The first kappa shape index (κ1) is 22.2. The first-order valence-corrected chi connectivity index (χ1v) is 12.5. The molecule has 0 spiro atoms. The van der Waals surface area contributed by atoms with Crippen LogP contribution in [0, 0.1) is 6.92 Å². The number of hydrogen-bond acceptors (Lipinski definition) is 6. The minimum Gasteiger partial charge on any atom is -0.495 e. The Kier molecular flexibility index (Phi) is 5.79. The number of nitrogens with zero attached hydrogens (tertiary/aromatic N) is 3. The number of carbonyl (C=O) groups excluding carboxylic acids is 1. The average Bonchev–Trinajstić information content (AvgIpc) is 3.23. The largest absolute Gasteiger partial charge is 0.495 e. The van der Waals surface area contributed by atoms with E-state index in [-0.39, 0.29) is 11.3 Å². The van der Waals surface area contributed by atoms with Crippen LogP contribution in [0.5, 0.6) is 5.75 Å². The molecule has 0 unspecified atom stereocenters. The van der Waals surface area contributed by atoms with Gasteiger partial charge in [0.05, 0.1) is 11.8 Å². The number of ether oxygens (including phenoxy) is 1. The predicted octanol–water partition coefficient (Wildman–Crippen LogP) is 4.60. The minimum atomic E-state index is -0.122. The molecule has 33 heavy (non-hydrogen) atoms. The standard InChI is InChI=1S/C26H32N4O2S/c1-17-14-18(15-20-23(17)27-22(31)16-26(20,2)3)8-9-29-10-12-30(13-11-29)25-19-6-5-7-21(32-4)24(19)33-28-25/h5-7,14-15H,8-13,16H2,1-4H3,(H,27,31). The molecule has 174 valence electrons. The fourth-order valence-corrected chi connectivity index (χ4v) is 6.06. The van der Waals surface area contributed by atoms with Gasteiger partial charge in [-0.15, -0.1) is 0 Å². The lowest BCUT2D eigenvalue weighted by Gasteiger charge is -2.35. The Morgan fingerprint density at radius 1 is 1.18 bits per heavy atom. The van der Waals surface area contributed by atoms with E-state index in [0.717, 1.165) is 61.1 Å². The molecule has 1 saturated heterocycles. The number of aryl methyl sites for hydroxylation is 1. The van der Waals surface area contributed by atoms with Crippen molar-refractivity contribution < 1.29 is 9.53 Å². The van der Waals surface area contributed by atoms with E-state index < -0.39 is 0 Å². The van der Waals surface area contributed by atoms with E-state index in [2.05, 4.69) is 54.1 Å². The van der Waals surface area contributed by atoms with E-state index >= 15 is 0 Å². The second-order valence-corrected chi connectivity index (χ2v) is 10.6. The third-order valence-electron chi connectivity index (χ3n) is 7.04. The number of methoxy groups -OCH3 is 1. The van der Waals surface area contributed by atoms with Gasteiger partial charge in [-0.25, -0.2) is 0 Å². The van der Waals surface area contributed by atoms with Crippen LogP contribution in [-0.4, -0.2) is 55.0 Å². The van der Waals surface area contributed by atoms with Gasteiger partial charge in [0.15, 0.2) is 0 Å². The molecule has 2 aromatic carbocycles. The summed E-state index contributed by atoms with van der Waals surface area (Å²) >= 11 is 1.52. The molecule has 0 saturated carbocycles. The van der Waals surface area contributed by atoms with E-state index in [9.17, 15) is 4.79 Å². The summed E-state index contributed by atoms with van der Waals surface area (Å²) in [5.41, 5.74) is 4.69. The number of rotatable bonds is 5. The lowest BCUT2D eigenvalue weighted by molar-refractivity contribution is -0.117. The number of nitrogens with one attached hydrogen (secondary N) is 1. The topological polar surface area (TPSA) is 57.7 Å². The van der Waals surface area contributed by atoms with Crippen LogP contribution < -0.4 is 15.0 Å². The number of fused-ring (bicyclic) bond motifs is 2. The van der Waals surface area contributed by atoms with Crippen molar-refractivity contribution in [3.63, 3.8) is 0 Å². The van der Waals surface area contributed by atoms with Crippen LogP contribution in [-0.2, 0) is 16.6 Å². The first-order valence-electron chi connectivity index (χ1n) is 11.7. The van der Waals surface area contributed by atoms with Gasteiger partial charge in [-0.2, -0.15) is 4.37 Å². The summed E-state index contributed by atoms with van der Waals surface area (Å²) in [5, 5.41) is 4.27. The highest BCUT2D eigenvalue weighted by molar-refractivity contribution is 7.14. The third kappa shape index (κ3) is 4.20. The molecule has 1 aromatic heterocycles. The van der Waals surface area contributed by atoms with Gasteiger partial charge >= 0.3 is 0 Å². The lowest BCUT2D eigenvalue weighted by atomic mass is 9.76. The van der Waals surface area contributed by atoms with Crippen molar-refractivity contribution >= 4 is 39.0 Å². The minimum absolute atomic E-state index is 0.118. The number of hydrogen-bond donors (Lipinski definition) is 1. The second-order valence-electron chi connectivity index (χ2n) is 9.87. The number of piperazine rings is 1. The molecule has 0 aliphatic carbocycles. The quantitative estimate of drug-likeness (QED) is 0.598. The van der Waals surface area contributed by atoms with Crippen LogP contribution in [0.1, 0.15) is 37.0 Å². The van der Waals surface area contributed by atoms with E-state index in [1.54, 1.807) is 7.11 Å². The maximum atomic E-state index is 12.1. The SMILES string of the molecule is COc1cccc2c(N3CCN(CCc4cc(C)c5c(c4)C(C)(C)CC(=O)N5)CC3)nsc12. The molecular formula is C26H32N4O2S. The number of carbonyl (C=O) groups is 1. The van der Waals surface area contributed by atoms with Crippen LogP contribution >= 0.6 is 11.5 Å². The highest BCUT2D eigenvalue weighted by Crippen LogP contribution is 2.40. The highest BCUT2D eigenvalue weighted by atomic mass is 32.1. The maximum Gasteiger partial charge on any atom is 0.225 e. The first-order chi connectivity index (χ1) is 15.9. The molecule has 2 aliphatic rings. The lowest BCUT2D eigenvalue weighted by Crippen LogP contribution is -2.47. The molecule has 2 aliphatic heterocycles. The molecule has 0 radical (unpaired) electrons. The maximum absolute atomic E-state index is 12.1. The van der Waals surface area contributed by atoms with Gasteiger partial charge in [0.1, 0.15) is 11.6 Å². The van der Waals surface area contributed by atoms with Gasteiger partial charge < -0.3 is 15.0 Å². The fraction of sp³-hybridized carbons (Fsp3) is 0.462. The average molecular weight is 465 g/mol. The monoisotopic (exact) mass is 464 g/mol. The van der Waals surface area contributed by atoms with E-state index in [0.29, 0.717) is 6.42 Å². The fourth-order valence-electron chi connectivity index (χ4n) is 5.17. The summed E-state index contributed by atoms with van der Waals surface area (Å²) in [6.07, 6.45) is 1.57.